The maximum Gasteiger partial charge on any atom is 0.341 e. The van der Waals surface area contributed by atoms with Crippen LogP contribution in [0.1, 0.15) is 82.2 Å². The van der Waals surface area contributed by atoms with Crippen molar-refractivity contribution in [1.29, 1.82) is 5.26 Å². The normalized spacial score (nSPS) is 15.7. The summed E-state index contributed by atoms with van der Waals surface area (Å²) in [5, 5.41) is 15.8. The standard InChI is InChI=1S/C25H30N4O4S/c1-13-15(3)29(18-7-5-6-8-18)22(19(13)11-26)27-20(30)12-33-25(32)21-14(2)16(4)34-24(21)28-23(31)17-9-10-17/h17-18H,5-10,12H2,1-4H3,(H,27,30)(H,28,31). The molecule has 4 rings (SSSR count). The second-order valence-electron chi connectivity index (χ2n) is 9.23. The lowest BCUT2D eigenvalue weighted by Gasteiger charge is -2.19. The van der Waals surface area contributed by atoms with Crippen LogP contribution in [0.15, 0.2) is 0 Å². The molecule has 2 aliphatic rings. The van der Waals surface area contributed by atoms with Crippen LogP contribution < -0.4 is 10.6 Å². The van der Waals surface area contributed by atoms with Crippen molar-refractivity contribution < 1.29 is 19.1 Å². The molecule has 2 N–H and O–H groups in total. The van der Waals surface area contributed by atoms with Crippen LogP contribution in [0.2, 0.25) is 0 Å². The van der Waals surface area contributed by atoms with Gasteiger partial charge in [0.1, 0.15) is 16.9 Å². The summed E-state index contributed by atoms with van der Waals surface area (Å²) in [6, 6.07) is 2.46. The third-order valence-corrected chi connectivity index (χ3v) is 8.05. The Kier molecular flexibility index (Phi) is 6.80. The molecule has 180 valence electrons. The van der Waals surface area contributed by atoms with Crippen molar-refractivity contribution in [2.75, 3.05) is 17.2 Å². The predicted molar refractivity (Wildman–Crippen MR) is 130 cm³/mol. The van der Waals surface area contributed by atoms with Gasteiger partial charge in [-0.25, -0.2) is 4.79 Å². The molecule has 8 nitrogen and oxygen atoms in total. The number of rotatable bonds is 7. The van der Waals surface area contributed by atoms with Crippen LogP contribution in [-0.4, -0.2) is 29.0 Å². The molecule has 0 saturated heterocycles. The number of hydrogen-bond acceptors (Lipinski definition) is 6. The highest BCUT2D eigenvalue weighted by molar-refractivity contribution is 7.16. The number of thiophene rings is 1. The third kappa shape index (κ3) is 4.60. The first-order valence-corrected chi connectivity index (χ1v) is 12.5. The van der Waals surface area contributed by atoms with E-state index in [1.165, 1.54) is 11.3 Å². The van der Waals surface area contributed by atoms with Crippen LogP contribution in [0, 0.1) is 44.9 Å². The van der Waals surface area contributed by atoms with Crippen LogP contribution in [-0.2, 0) is 14.3 Å². The van der Waals surface area contributed by atoms with E-state index in [0.29, 0.717) is 21.9 Å². The molecule has 2 saturated carbocycles. The van der Waals surface area contributed by atoms with Gasteiger partial charge in [0, 0.05) is 22.5 Å². The van der Waals surface area contributed by atoms with Gasteiger partial charge >= 0.3 is 5.97 Å². The molecule has 2 aromatic rings. The highest BCUT2D eigenvalue weighted by atomic mass is 32.1. The van der Waals surface area contributed by atoms with Crippen LogP contribution in [0.4, 0.5) is 10.8 Å². The summed E-state index contributed by atoms with van der Waals surface area (Å²) in [4.78, 5) is 38.8. The van der Waals surface area contributed by atoms with Gasteiger partial charge in [-0.2, -0.15) is 5.26 Å². The third-order valence-electron chi connectivity index (χ3n) is 6.92. The molecule has 34 heavy (non-hydrogen) atoms. The lowest BCUT2D eigenvalue weighted by Crippen LogP contribution is -2.24. The van der Waals surface area contributed by atoms with Gasteiger partial charge in [-0.15, -0.1) is 11.3 Å². The number of hydrogen-bond donors (Lipinski definition) is 2. The summed E-state index contributed by atoms with van der Waals surface area (Å²) < 4.78 is 7.40. The summed E-state index contributed by atoms with van der Waals surface area (Å²) in [6.45, 7) is 7.04. The van der Waals surface area contributed by atoms with Gasteiger partial charge in [0.05, 0.1) is 11.1 Å². The first-order chi connectivity index (χ1) is 16.2. The zero-order chi connectivity index (χ0) is 24.6. The zero-order valence-corrected chi connectivity index (χ0v) is 20.9. The number of carbonyl (C=O) groups is 3. The van der Waals surface area contributed by atoms with Crippen LogP contribution in [0.5, 0.6) is 0 Å². The maximum atomic E-state index is 12.9. The van der Waals surface area contributed by atoms with E-state index in [9.17, 15) is 19.6 Å². The summed E-state index contributed by atoms with van der Waals surface area (Å²) in [5.74, 6) is -0.757. The number of esters is 1. The molecule has 9 heteroatoms. The predicted octanol–water partition coefficient (Wildman–Crippen LogP) is 4.91. The van der Waals surface area contributed by atoms with Crippen molar-refractivity contribution >= 4 is 39.9 Å². The Morgan fingerprint density at radius 2 is 1.74 bits per heavy atom. The van der Waals surface area contributed by atoms with Gasteiger partial charge in [-0.1, -0.05) is 12.8 Å². The largest absolute Gasteiger partial charge is 0.452 e. The van der Waals surface area contributed by atoms with Crippen LogP contribution in [0.25, 0.3) is 0 Å². The van der Waals surface area contributed by atoms with Gasteiger partial charge in [0.25, 0.3) is 5.91 Å². The van der Waals surface area contributed by atoms with E-state index >= 15 is 0 Å². The highest BCUT2D eigenvalue weighted by Crippen LogP contribution is 2.38. The first-order valence-electron chi connectivity index (χ1n) is 11.7. The fraction of sp³-hybridized carbons (Fsp3) is 0.520. The maximum absolute atomic E-state index is 12.9. The van der Waals surface area contributed by atoms with Crippen molar-refractivity contribution in [2.24, 2.45) is 5.92 Å². The molecule has 2 fully saturated rings. The monoisotopic (exact) mass is 482 g/mol. The summed E-state index contributed by atoms with van der Waals surface area (Å²) in [5.41, 5.74) is 3.29. The van der Waals surface area contributed by atoms with E-state index in [-0.39, 0.29) is 17.9 Å². The van der Waals surface area contributed by atoms with Gasteiger partial charge in [0.15, 0.2) is 6.61 Å². The highest BCUT2D eigenvalue weighted by Gasteiger charge is 2.32. The number of anilines is 2. The Bertz CT molecular complexity index is 1190. The molecule has 2 heterocycles. The van der Waals surface area contributed by atoms with Crippen molar-refractivity contribution in [3.63, 3.8) is 0 Å². The molecule has 0 aliphatic heterocycles. The van der Waals surface area contributed by atoms with Gasteiger partial charge in [-0.05, 0) is 64.5 Å². The minimum atomic E-state index is -0.651. The number of aryl methyl sites for hydroxylation is 1. The Balaban J connectivity index is 1.47. The molecule has 0 aromatic carbocycles. The Morgan fingerprint density at radius 1 is 1.06 bits per heavy atom. The van der Waals surface area contributed by atoms with E-state index < -0.39 is 18.5 Å². The molecule has 0 bridgehead atoms. The Morgan fingerprint density at radius 3 is 2.35 bits per heavy atom. The quantitative estimate of drug-likeness (QED) is 0.544. The molecule has 0 spiro atoms. The number of nitrogens with one attached hydrogen (secondary N) is 2. The van der Waals surface area contributed by atoms with Gasteiger partial charge in [-0.3, -0.25) is 9.59 Å². The van der Waals surface area contributed by atoms with Crippen LogP contribution in [0.3, 0.4) is 0 Å². The number of carbonyl (C=O) groups excluding carboxylic acids is 3. The minimum absolute atomic E-state index is 0.00899. The van der Waals surface area contributed by atoms with Gasteiger partial charge < -0.3 is 19.9 Å². The van der Waals surface area contributed by atoms with Crippen molar-refractivity contribution in [3.05, 3.63) is 32.8 Å². The van der Waals surface area contributed by atoms with E-state index in [4.69, 9.17) is 4.74 Å². The van der Waals surface area contributed by atoms with E-state index in [0.717, 1.165) is 60.2 Å². The summed E-state index contributed by atoms with van der Waals surface area (Å²) in [7, 11) is 0. The number of amides is 2. The topological polar surface area (TPSA) is 113 Å². The number of ether oxygens (including phenoxy) is 1. The Hall–Kier alpha value is -3.12. The molecule has 0 atom stereocenters. The zero-order valence-electron chi connectivity index (χ0n) is 20.0. The second kappa shape index (κ2) is 9.63. The van der Waals surface area contributed by atoms with Crippen molar-refractivity contribution in [2.45, 2.75) is 72.3 Å². The van der Waals surface area contributed by atoms with Crippen molar-refractivity contribution in [3.8, 4) is 6.07 Å². The molecular weight excluding hydrogens is 452 g/mol. The second-order valence-corrected chi connectivity index (χ2v) is 10.5. The number of aromatic nitrogens is 1. The van der Waals surface area contributed by atoms with Crippen LogP contribution >= 0.6 is 11.3 Å². The van der Waals surface area contributed by atoms with E-state index in [1.54, 1.807) is 6.92 Å². The molecule has 2 aromatic heterocycles. The number of nitriles is 1. The van der Waals surface area contributed by atoms with E-state index in [2.05, 4.69) is 21.3 Å². The molecular formula is C25H30N4O4S. The Labute approximate surface area is 203 Å². The fourth-order valence-corrected chi connectivity index (χ4v) is 5.65. The van der Waals surface area contributed by atoms with Gasteiger partial charge in [0.2, 0.25) is 5.91 Å². The lowest BCUT2D eigenvalue weighted by atomic mass is 10.1. The SMILES string of the molecule is Cc1sc(NC(=O)C2CC2)c(C(=O)OCC(=O)Nc2c(C#N)c(C)c(C)n2C2CCCC2)c1C. The fourth-order valence-electron chi connectivity index (χ4n) is 4.60. The minimum Gasteiger partial charge on any atom is -0.452 e. The molecule has 2 amide bonds. The van der Waals surface area contributed by atoms with E-state index in [1.807, 2.05) is 20.8 Å². The molecule has 0 radical (unpaired) electrons. The summed E-state index contributed by atoms with van der Waals surface area (Å²) >= 11 is 1.33. The first kappa shape index (κ1) is 24.0. The molecule has 0 unspecified atom stereocenters. The smallest absolute Gasteiger partial charge is 0.341 e. The lowest BCUT2D eigenvalue weighted by molar-refractivity contribution is -0.119. The number of nitrogens with zero attached hydrogens (tertiary/aromatic N) is 2. The summed E-state index contributed by atoms with van der Waals surface area (Å²) in [6.07, 6.45) is 5.97. The average molecular weight is 483 g/mol. The van der Waals surface area contributed by atoms with Crippen molar-refractivity contribution in [1.82, 2.24) is 4.57 Å². The average Bonchev–Trinajstić information content (AvgIpc) is 3.38. The molecule has 2 aliphatic carbocycles.